The third-order valence-electron chi connectivity index (χ3n) is 6.01. The van der Waals surface area contributed by atoms with Gasteiger partial charge in [0.2, 0.25) is 5.91 Å². The zero-order chi connectivity index (χ0) is 14.4. The summed E-state index contributed by atoms with van der Waals surface area (Å²) in [6, 6.07) is 5.76. The fourth-order valence-electron chi connectivity index (χ4n) is 3.98. The smallest absolute Gasteiger partial charge is 0.228 e. The van der Waals surface area contributed by atoms with Crippen LogP contribution in [0.25, 0.3) is 0 Å². The Hall–Kier alpha value is -1.38. The molecular formula is C17H24N2O. The normalized spacial score (nSPS) is 31.4. The van der Waals surface area contributed by atoms with E-state index in [2.05, 4.69) is 30.7 Å². The molecule has 2 atom stereocenters. The molecule has 1 saturated carbocycles. The largest absolute Gasteiger partial charge is 0.341 e. The van der Waals surface area contributed by atoms with E-state index in [4.69, 9.17) is 0 Å². The fraction of sp³-hybridized carbons (Fsp3) is 0.647. The monoisotopic (exact) mass is 272 g/mol. The van der Waals surface area contributed by atoms with Crippen LogP contribution in [0.15, 0.2) is 24.4 Å². The van der Waals surface area contributed by atoms with Gasteiger partial charge in [-0.3, -0.25) is 9.78 Å². The minimum atomic E-state index is 0.234. The molecule has 20 heavy (non-hydrogen) atoms. The average Bonchev–Trinajstić information content (AvgIpc) is 2.57. The third-order valence-corrected chi connectivity index (χ3v) is 6.01. The lowest BCUT2D eigenvalue weighted by molar-refractivity contribution is -0.138. The summed E-state index contributed by atoms with van der Waals surface area (Å²) in [7, 11) is 0. The summed E-state index contributed by atoms with van der Waals surface area (Å²) in [6.45, 7) is 8.94. The van der Waals surface area contributed by atoms with Crippen LogP contribution in [0.1, 0.15) is 39.3 Å². The Morgan fingerprint density at radius 1 is 1.40 bits per heavy atom. The van der Waals surface area contributed by atoms with Crippen molar-refractivity contribution < 1.29 is 4.79 Å². The van der Waals surface area contributed by atoms with Crippen molar-refractivity contribution in [1.82, 2.24) is 9.88 Å². The number of carbonyl (C=O) groups is 1. The Morgan fingerprint density at radius 2 is 2.20 bits per heavy atom. The highest BCUT2D eigenvalue weighted by Gasteiger charge is 2.55. The molecule has 1 unspecified atom stereocenters. The van der Waals surface area contributed by atoms with Crippen LogP contribution < -0.4 is 0 Å². The van der Waals surface area contributed by atoms with Gasteiger partial charge in [0.25, 0.3) is 0 Å². The Kier molecular flexibility index (Phi) is 3.11. The van der Waals surface area contributed by atoms with Crippen LogP contribution in [-0.2, 0) is 11.2 Å². The molecule has 0 aromatic carbocycles. The lowest BCUT2D eigenvalue weighted by Gasteiger charge is -2.50. The van der Waals surface area contributed by atoms with Gasteiger partial charge in [-0.2, -0.15) is 0 Å². The summed E-state index contributed by atoms with van der Waals surface area (Å²) in [4.78, 5) is 18.9. The topological polar surface area (TPSA) is 33.2 Å². The van der Waals surface area contributed by atoms with E-state index >= 15 is 0 Å². The number of rotatable bonds is 2. The summed E-state index contributed by atoms with van der Waals surface area (Å²) >= 11 is 0. The summed E-state index contributed by atoms with van der Waals surface area (Å²) in [5.41, 5.74) is 1.50. The van der Waals surface area contributed by atoms with E-state index in [-0.39, 0.29) is 11.3 Å². The number of fused-ring (bicyclic) bond motifs is 2. The Bertz CT molecular complexity index is 511. The van der Waals surface area contributed by atoms with Gasteiger partial charge in [0, 0.05) is 25.0 Å². The highest BCUT2D eigenvalue weighted by Crippen LogP contribution is 2.58. The first-order chi connectivity index (χ1) is 9.42. The number of carbonyl (C=O) groups excluding carboxylic acids is 1. The second-order valence-corrected chi connectivity index (χ2v) is 7.29. The molecule has 1 aliphatic carbocycles. The minimum absolute atomic E-state index is 0.234. The zero-order valence-electron chi connectivity index (χ0n) is 12.7. The van der Waals surface area contributed by atoms with Gasteiger partial charge >= 0.3 is 0 Å². The molecule has 0 radical (unpaired) electrons. The van der Waals surface area contributed by atoms with E-state index in [9.17, 15) is 4.79 Å². The van der Waals surface area contributed by atoms with Crippen molar-refractivity contribution in [3.8, 4) is 0 Å². The van der Waals surface area contributed by atoms with Crippen LogP contribution in [0.3, 0.4) is 0 Å². The standard InChI is InChI=1S/C17H24N2O/c1-16(2)13-7-8-17(16,3)12-19(11-13)15(20)10-14-6-4-5-9-18-14/h4-6,9,13H,7-8,10-12H2,1-3H3/t13?,17-/m1/s1. The van der Waals surface area contributed by atoms with Gasteiger partial charge in [0.05, 0.1) is 6.42 Å². The summed E-state index contributed by atoms with van der Waals surface area (Å²) in [6.07, 6.45) is 4.70. The van der Waals surface area contributed by atoms with Crippen molar-refractivity contribution in [2.45, 2.75) is 40.0 Å². The maximum atomic E-state index is 12.5. The number of aromatic nitrogens is 1. The predicted molar refractivity (Wildman–Crippen MR) is 79.1 cm³/mol. The van der Waals surface area contributed by atoms with Gasteiger partial charge in [-0.25, -0.2) is 0 Å². The molecule has 1 amide bonds. The van der Waals surface area contributed by atoms with Gasteiger partial charge in [-0.05, 0) is 41.7 Å². The molecule has 2 fully saturated rings. The van der Waals surface area contributed by atoms with Crippen molar-refractivity contribution in [3.05, 3.63) is 30.1 Å². The maximum Gasteiger partial charge on any atom is 0.228 e. The average molecular weight is 272 g/mol. The molecule has 2 aliphatic rings. The van der Waals surface area contributed by atoms with E-state index < -0.39 is 0 Å². The van der Waals surface area contributed by atoms with Crippen LogP contribution >= 0.6 is 0 Å². The van der Waals surface area contributed by atoms with Crippen LogP contribution in [0.2, 0.25) is 0 Å². The van der Waals surface area contributed by atoms with E-state index in [1.54, 1.807) is 6.20 Å². The van der Waals surface area contributed by atoms with Crippen LogP contribution in [0.5, 0.6) is 0 Å². The highest BCUT2D eigenvalue weighted by atomic mass is 16.2. The van der Waals surface area contributed by atoms with Crippen molar-refractivity contribution in [2.75, 3.05) is 13.1 Å². The summed E-state index contributed by atoms with van der Waals surface area (Å²) in [5.74, 6) is 0.881. The number of hydrogen-bond acceptors (Lipinski definition) is 2. The van der Waals surface area contributed by atoms with Gasteiger partial charge in [0.1, 0.15) is 0 Å². The SMILES string of the molecule is CC1(C)C2CC[C@]1(C)CN(C(=O)Cc1ccccn1)C2. The van der Waals surface area contributed by atoms with Gasteiger partial charge in [-0.15, -0.1) is 0 Å². The first kappa shape index (κ1) is 13.6. The lowest BCUT2D eigenvalue weighted by atomic mass is 9.63. The zero-order valence-corrected chi connectivity index (χ0v) is 12.7. The number of likely N-dealkylation sites (tertiary alicyclic amines) is 1. The van der Waals surface area contributed by atoms with Crippen LogP contribution in [-0.4, -0.2) is 28.9 Å². The van der Waals surface area contributed by atoms with Gasteiger partial charge in [-0.1, -0.05) is 26.8 Å². The molecule has 0 N–H and O–H groups in total. The molecule has 0 spiro atoms. The molecule has 2 bridgehead atoms. The van der Waals surface area contributed by atoms with Crippen LogP contribution in [0, 0.1) is 16.7 Å². The first-order valence-electron chi connectivity index (χ1n) is 7.60. The minimum Gasteiger partial charge on any atom is -0.341 e. The van der Waals surface area contributed by atoms with E-state index in [0.717, 1.165) is 18.8 Å². The lowest BCUT2D eigenvalue weighted by Crippen LogP contribution is -2.54. The Morgan fingerprint density at radius 3 is 2.85 bits per heavy atom. The molecule has 3 nitrogen and oxygen atoms in total. The number of amides is 1. The van der Waals surface area contributed by atoms with Crippen molar-refractivity contribution >= 4 is 5.91 Å². The van der Waals surface area contributed by atoms with Crippen molar-refractivity contribution in [3.63, 3.8) is 0 Å². The van der Waals surface area contributed by atoms with Gasteiger partial charge in [0.15, 0.2) is 0 Å². The highest BCUT2D eigenvalue weighted by molar-refractivity contribution is 5.78. The molecular weight excluding hydrogens is 248 g/mol. The fourth-order valence-corrected chi connectivity index (χ4v) is 3.98. The Labute approximate surface area is 121 Å². The van der Waals surface area contributed by atoms with E-state index in [1.807, 2.05) is 18.2 Å². The predicted octanol–water partition coefficient (Wildman–Crippen LogP) is 2.91. The number of hydrogen-bond donors (Lipinski definition) is 0. The van der Waals surface area contributed by atoms with E-state index in [0.29, 0.717) is 17.8 Å². The third kappa shape index (κ3) is 2.04. The molecule has 3 heteroatoms. The van der Waals surface area contributed by atoms with Crippen molar-refractivity contribution in [2.24, 2.45) is 16.7 Å². The maximum absolute atomic E-state index is 12.5. The molecule has 1 aliphatic heterocycles. The summed E-state index contributed by atoms with van der Waals surface area (Å²) < 4.78 is 0. The first-order valence-corrected chi connectivity index (χ1v) is 7.60. The molecule has 3 rings (SSSR count). The summed E-state index contributed by atoms with van der Waals surface area (Å²) in [5, 5.41) is 0. The molecule has 1 saturated heterocycles. The van der Waals surface area contributed by atoms with Crippen molar-refractivity contribution in [1.29, 1.82) is 0 Å². The van der Waals surface area contributed by atoms with E-state index in [1.165, 1.54) is 12.8 Å². The Balaban J connectivity index is 1.73. The van der Waals surface area contributed by atoms with Gasteiger partial charge < -0.3 is 4.90 Å². The second-order valence-electron chi connectivity index (χ2n) is 7.29. The second kappa shape index (κ2) is 4.57. The molecule has 108 valence electrons. The molecule has 1 aromatic rings. The molecule has 1 aromatic heterocycles. The number of piperidine rings is 1. The quantitative estimate of drug-likeness (QED) is 0.829. The number of nitrogens with zero attached hydrogens (tertiary/aromatic N) is 2. The van der Waals surface area contributed by atoms with Crippen LogP contribution in [0.4, 0.5) is 0 Å². The molecule has 2 heterocycles. The number of pyridine rings is 1.